The molecule has 3 N–H and O–H groups in total. The lowest BCUT2D eigenvalue weighted by Crippen LogP contribution is -2.60. The molecule has 3 rings (SSSR count). The molecule has 0 bridgehead atoms. The van der Waals surface area contributed by atoms with Crippen LogP contribution in [0.2, 0.25) is 0 Å². The van der Waals surface area contributed by atoms with Gasteiger partial charge in [0.2, 0.25) is 0 Å². The maximum atomic E-state index is 12.4. The van der Waals surface area contributed by atoms with Crippen LogP contribution in [0.1, 0.15) is 26.2 Å². The third-order valence-electron chi connectivity index (χ3n) is 6.69. The minimum absolute atomic E-state index is 0.155. The van der Waals surface area contributed by atoms with Gasteiger partial charge in [-0.2, -0.15) is 0 Å². The quantitative estimate of drug-likeness (QED) is 0.335. The van der Waals surface area contributed by atoms with E-state index in [0.717, 1.165) is 6.29 Å². The molecule has 3 fully saturated rings. The highest BCUT2D eigenvalue weighted by Crippen LogP contribution is 2.58. The molecule has 0 amide bonds. The first-order chi connectivity index (χ1) is 13.2. The highest BCUT2D eigenvalue weighted by atomic mass is 16.6. The largest absolute Gasteiger partial charge is 0.458 e. The molecule has 28 heavy (non-hydrogen) atoms. The molecule has 0 aromatic heterocycles. The van der Waals surface area contributed by atoms with Gasteiger partial charge in [0.15, 0.2) is 0 Å². The summed E-state index contributed by atoms with van der Waals surface area (Å²) in [5.74, 6) is -2.97. The zero-order chi connectivity index (χ0) is 20.8. The smallest absolute Gasteiger partial charge is 0.336 e. The Kier molecular flexibility index (Phi) is 5.49. The van der Waals surface area contributed by atoms with Crippen LogP contribution in [-0.2, 0) is 23.9 Å². The Balaban J connectivity index is 1.95. The van der Waals surface area contributed by atoms with E-state index in [4.69, 9.17) is 14.6 Å². The van der Waals surface area contributed by atoms with Gasteiger partial charge in [-0.3, -0.25) is 0 Å². The number of aliphatic hydroxyl groups excluding tert-OH is 3. The molecule has 2 aliphatic carbocycles. The van der Waals surface area contributed by atoms with Crippen LogP contribution in [0.15, 0.2) is 24.3 Å². The van der Waals surface area contributed by atoms with Crippen LogP contribution in [-0.4, -0.2) is 64.6 Å². The molecule has 0 radical (unpaired) electrons. The summed E-state index contributed by atoms with van der Waals surface area (Å²) in [5.41, 5.74) is -0.961. The van der Waals surface area contributed by atoms with E-state index >= 15 is 0 Å². The zero-order valence-electron chi connectivity index (χ0n) is 15.7. The molecular weight excluding hydrogens is 368 g/mol. The van der Waals surface area contributed by atoms with Crippen molar-refractivity contribution in [1.82, 2.24) is 0 Å². The van der Waals surface area contributed by atoms with Crippen LogP contribution in [0.3, 0.4) is 0 Å². The average Bonchev–Trinajstić information content (AvgIpc) is 2.96. The molecule has 0 unspecified atom stereocenters. The normalized spacial score (nSPS) is 40.7. The molecule has 0 aromatic rings. The van der Waals surface area contributed by atoms with Crippen LogP contribution in [0.5, 0.6) is 0 Å². The Morgan fingerprint density at radius 3 is 2.75 bits per heavy atom. The summed E-state index contributed by atoms with van der Waals surface area (Å²) >= 11 is 0. The van der Waals surface area contributed by atoms with Gasteiger partial charge in [0.05, 0.1) is 24.2 Å². The minimum Gasteiger partial charge on any atom is -0.458 e. The second-order valence-electron chi connectivity index (χ2n) is 8.22. The third-order valence-corrected chi connectivity index (χ3v) is 6.69. The van der Waals surface area contributed by atoms with Gasteiger partial charge in [-0.05, 0) is 19.3 Å². The maximum Gasteiger partial charge on any atom is 0.336 e. The number of esters is 2. The van der Waals surface area contributed by atoms with Crippen molar-refractivity contribution < 1.29 is 39.2 Å². The summed E-state index contributed by atoms with van der Waals surface area (Å²) in [6.07, 6.45) is -1.85. The minimum atomic E-state index is -1.46. The lowest BCUT2D eigenvalue weighted by molar-refractivity contribution is -0.195. The molecule has 8 heteroatoms. The van der Waals surface area contributed by atoms with E-state index in [2.05, 4.69) is 13.2 Å². The predicted octanol–water partition coefficient (Wildman–Crippen LogP) is -0.0986. The topological polar surface area (TPSA) is 130 Å². The van der Waals surface area contributed by atoms with Gasteiger partial charge in [0.25, 0.3) is 0 Å². The molecule has 2 saturated carbocycles. The van der Waals surface area contributed by atoms with Crippen molar-refractivity contribution in [3.63, 3.8) is 0 Å². The van der Waals surface area contributed by atoms with Crippen LogP contribution in [0.25, 0.3) is 0 Å². The molecule has 8 atom stereocenters. The summed E-state index contributed by atoms with van der Waals surface area (Å²) in [5, 5.41) is 29.3. The number of rotatable bonds is 5. The highest BCUT2D eigenvalue weighted by Gasteiger charge is 2.63. The first-order valence-corrected chi connectivity index (χ1v) is 9.37. The Hall–Kier alpha value is -2.03. The molecular formula is C20H26O8. The number of aliphatic hydroxyl groups is 3. The molecule has 1 saturated heterocycles. The van der Waals surface area contributed by atoms with Crippen LogP contribution in [0, 0.1) is 23.2 Å². The lowest BCUT2D eigenvalue weighted by atomic mass is 9.51. The van der Waals surface area contributed by atoms with Gasteiger partial charge in [-0.15, -0.1) is 0 Å². The van der Waals surface area contributed by atoms with Gasteiger partial charge >= 0.3 is 11.9 Å². The zero-order valence-corrected chi connectivity index (χ0v) is 15.7. The Bertz CT molecular complexity index is 715. The summed E-state index contributed by atoms with van der Waals surface area (Å²) in [6, 6.07) is 0. The monoisotopic (exact) mass is 394 g/mol. The number of ether oxygens (including phenoxy) is 2. The second kappa shape index (κ2) is 7.42. The van der Waals surface area contributed by atoms with Crippen LogP contribution < -0.4 is 0 Å². The van der Waals surface area contributed by atoms with E-state index in [0.29, 0.717) is 12.8 Å². The van der Waals surface area contributed by atoms with Crippen molar-refractivity contribution in [2.75, 3.05) is 6.61 Å². The fourth-order valence-electron chi connectivity index (χ4n) is 5.09. The second-order valence-corrected chi connectivity index (χ2v) is 8.22. The summed E-state index contributed by atoms with van der Waals surface area (Å²) < 4.78 is 11.1. The fraction of sp³-hybridized carbons (Fsp3) is 0.650. The summed E-state index contributed by atoms with van der Waals surface area (Å²) in [6.45, 7) is 8.35. The number of hydrogen-bond donors (Lipinski definition) is 3. The van der Waals surface area contributed by atoms with Crippen molar-refractivity contribution in [1.29, 1.82) is 0 Å². The Morgan fingerprint density at radius 2 is 2.14 bits per heavy atom. The fourth-order valence-corrected chi connectivity index (χ4v) is 5.09. The maximum absolute atomic E-state index is 12.4. The van der Waals surface area contributed by atoms with Crippen LogP contribution in [0.4, 0.5) is 0 Å². The van der Waals surface area contributed by atoms with E-state index in [9.17, 15) is 24.6 Å². The Morgan fingerprint density at radius 1 is 1.46 bits per heavy atom. The summed E-state index contributed by atoms with van der Waals surface area (Å²) in [4.78, 5) is 36.3. The van der Waals surface area contributed by atoms with Crippen molar-refractivity contribution in [3.05, 3.63) is 24.3 Å². The highest BCUT2D eigenvalue weighted by molar-refractivity contribution is 5.92. The predicted molar refractivity (Wildman–Crippen MR) is 95.6 cm³/mol. The Labute approximate surface area is 162 Å². The molecule has 0 spiro atoms. The molecule has 3 aliphatic rings. The van der Waals surface area contributed by atoms with E-state index in [-0.39, 0.29) is 23.5 Å². The third kappa shape index (κ3) is 3.09. The molecule has 0 aromatic carbocycles. The van der Waals surface area contributed by atoms with E-state index in [1.165, 1.54) is 0 Å². The molecule has 154 valence electrons. The number of carbonyl (C=O) groups excluding carboxylic acids is 3. The molecule has 8 nitrogen and oxygen atoms in total. The lowest BCUT2D eigenvalue weighted by Gasteiger charge is -2.55. The average molecular weight is 394 g/mol. The molecule has 1 heterocycles. The van der Waals surface area contributed by atoms with Crippen molar-refractivity contribution in [2.45, 2.75) is 50.6 Å². The van der Waals surface area contributed by atoms with Gasteiger partial charge < -0.3 is 29.6 Å². The first kappa shape index (κ1) is 20.7. The number of aldehydes is 1. The molecule has 1 aliphatic heterocycles. The van der Waals surface area contributed by atoms with E-state index in [1.807, 2.05) is 0 Å². The van der Waals surface area contributed by atoms with E-state index < -0.39 is 60.2 Å². The first-order valence-electron chi connectivity index (χ1n) is 9.37. The van der Waals surface area contributed by atoms with Crippen LogP contribution >= 0.6 is 0 Å². The SMILES string of the molecule is C=C1C(=O)O[C@H]2[C@H]1[C@@H](OC(=O)C(=C)[C@@H](O)CO)C[C@]1(C)[C@@H]2[C@H](C=O)CC[C@H]1O. The standard InChI is InChI=1S/C20H26O8/c1-9(12(23)8-22)18(25)27-13-6-20(3)14(24)5-4-11(7-21)16(20)17-15(13)10(2)19(26)28-17/h7,11-17,22-24H,1-2,4-6,8H2,3H3/t11-,12-,13-,14+,15+,16+,17-,20-/m0/s1. The number of carbonyl (C=O) groups is 3. The number of fused-ring (bicyclic) bond motifs is 3. The van der Waals surface area contributed by atoms with Crippen molar-refractivity contribution >= 4 is 18.2 Å². The number of hydrogen-bond acceptors (Lipinski definition) is 8. The summed E-state index contributed by atoms with van der Waals surface area (Å²) in [7, 11) is 0. The van der Waals surface area contributed by atoms with Gasteiger partial charge in [-0.1, -0.05) is 20.1 Å². The van der Waals surface area contributed by atoms with Crippen molar-refractivity contribution in [2.24, 2.45) is 23.2 Å². The van der Waals surface area contributed by atoms with E-state index in [1.54, 1.807) is 6.92 Å². The van der Waals surface area contributed by atoms with Gasteiger partial charge in [0.1, 0.15) is 24.6 Å². The van der Waals surface area contributed by atoms with Gasteiger partial charge in [-0.25, -0.2) is 9.59 Å². The van der Waals surface area contributed by atoms with Crippen molar-refractivity contribution in [3.8, 4) is 0 Å². The van der Waals surface area contributed by atoms with Gasteiger partial charge in [0, 0.05) is 22.8 Å².